The number of hydrogen-bond donors (Lipinski definition) is 1. The van der Waals surface area contributed by atoms with Gasteiger partial charge in [0.2, 0.25) is 0 Å². The van der Waals surface area contributed by atoms with Crippen LogP contribution in [0, 0.1) is 5.92 Å². The zero-order valence-corrected chi connectivity index (χ0v) is 11.2. The summed E-state index contributed by atoms with van der Waals surface area (Å²) in [5, 5.41) is 9.80. The van der Waals surface area contributed by atoms with Crippen LogP contribution < -0.4 is 0 Å². The number of ether oxygens (including phenoxy) is 1. The number of halogens is 1. The molecular formula is C12H22FNO3. The van der Waals surface area contributed by atoms with Gasteiger partial charge in [0.25, 0.3) is 0 Å². The van der Waals surface area contributed by atoms with Crippen LogP contribution in [0.4, 0.5) is 9.18 Å². The Morgan fingerprint density at radius 2 is 1.82 bits per heavy atom. The Hall–Kier alpha value is -0.840. The molecule has 1 N–H and O–H groups in total. The molecule has 0 radical (unpaired) electrons. The summed E-state index contributed by atoms with van der Waals surface area (Å²) in [6.45, 7) is 8.60. The van der Waals surface area contributed by atoms with Crippen LogP contribution in [0.1, 0.15) is 34.6 Å². The Balaban J connectivity index is 2.63. The van der Waals surface area contributed by atoms with E-state index in [1.54, 1.807) is 34.6 Å². The zero-order chi connectivity index (χ0) is 13.4. The maximum absolute atomic E-state index is 13.7. The number of carbonyl (C=O) groups is 1. The van der Waals surface area contributed by atoms with Gasteiger partial charge in [0, 0.05) is 12.5 Å². The van der Waals surface area contributed by atoms with Crippen molar-refractivity contribution in [3.63, 3.8) is 0 Å². The molecule has 0 unspecified atom stereocenters. The van der Waals surface area contributed by atoms with E-state index >= 15 is 0 Å². The molecule has 1 aliphatic heterocycles. The van der Waals surface area contributed by atoms with Crippen molar-refractivity contribution in [2.24, 2.45) is 5.92 Å². The fourth-order valence-electron chi connectivity index (χ4n) is 1.91. The van der Waals surface area contributed by atoms with Gasteiger partial charge in [-0.05, 0) is 34.6 Å². The average Bonchev–Trinajstić information content (AvgIpc) is 2.42. The van der Waals surface area contributed by atoms with Crippen LogP contribution in [-0.2, 0) is 4.74 Å². The summed E-state index contributed by atoms with van der Waals surface area (Å²) in [5.74, 6) is -0.560. The lowest BCUT2D eigenvalue weighted by atomic mass is 9.89. The minimum Gasteiger partial charge on any atom is -0.444 e. The molecule has 0 spiro atoms. The molecule has 1 amide bonds. The van der Waals surface area contributed by atoms with E-state index in [0.717, 1.165) is 0 Å². The van der Waals surface area contributed by atoms with Crippen molar-refractivity contribution in [2.75, 3.05) is 13.1 Å². The monoisotopic (exact) mass is 247 g/mol. The number of alkyl halides is 1. The first-order valence-electron chi connectivity index (χ1n) is 5.85. The number of nitrogens with zero attached hydrogens (tertiary/aromatic N) is 1. The van der Waals surface area contributed by atoms with Crippen molar-refractivity contribution in [1.29, 1.82) is 0 Å². The number of rotatable bonds is 1. The number of aliphatic hydroxyl groups is 1. The maximum Gasteiger partial charge on any atom is 0.410 e. The van der Waals surface area contributed by atoms with E-state index in [2.05, 4.69) is 0 Å². The minimum atomic E-state index is -1.21. The van der Waals surface area contributed by atoms with E-state index in [1.165, 1.54) is 4.90 Å². The van der Waals surface area contributed by atoms with Gasteiger partial charge in [0.1, 0.15) is 11.8 Å². The highest BCUT2D eigenvalue weighted by Crippen LogP contribution is 2.30. The van der Waals surface area contributed by atoms with Crippen LogP contribution in [-0.4, -0.2) is 46.6 Å². The van der Waals surface area contributed by atoms with Crippen molar-refractivity contribution in [2.45, 2.75) is 52.0 Å². The second-order valence-electron chi connectivity index (χ2n) is 6.16. The third kappa shape index (κ3) is 3.84. The Labute approximate surface area is 102 Å². The first-order chi connectivity index (χ1) is 7.50. The Kier molecular flexibility index (Phi) is 3.72. The van der Waals surface area contributed by atoms with Gasteiger partial charge in [-0.25, -0.2) is 9.18 Å². The van der Waals surface area contributed by atoms with Crippen LogP contribution in [0.25, 0.3) is 0 Å². The summed E-state index contributed by atoms with van der Waals surface area (Å²) in [7, 11) is 0. The second kappa shape index (κ2) is 4.44. The van der Waals surface area contributed by atoms with Gasteiger partial charge in [0.15, 0.2) is 0 Å². The summed E-state index contributed by atoms with van der Waals surface area (Å²) in [6, 6.07) is 0. The third-order valence-corrected chi connectivity index (χ3v) is 2.81. The predicted molar refractivity (Wildman–Crippen MR) is 62.5 cm³/mol. The first kappa shape index (κ1) is 14.2. The highest BCUT2D eigenvalue weighted by atomic mass is 19.1. The first-order valence-corrected chi connectivity index (χ1v) is 5.85. The van der Waals surface area contributed by atoms with Crippen LogP contribution in [0.15, 0.2) is 0 Å². The van der Waals surface area contributed by atoms with E-state index in [9.17, 15) is 14.3 Å². The van der Waals surface area contributed by atoms with E-state index in [0.29, 0.717) is 0 Å². The van der Waals surface area contributed by atoms with Gasteiger partial charge in [-0.1, -0.05) is 0 Å². The van der Waals surface area contributed by atoms with E-state index < -0.39 is 29.4 Å². The summed E-state index contributed by atoms with van der Waals surface area (Å²) < 4.78 is 18.9. The van der Waals surface area contributed by atoms with Crippen LogP contribution in [0.3, 0.4) is 0 Å². The van der Waals surface area contributed by atoms with Crippen molar-refractivity contribution in [1.82, 2.24) is 4.90 Å². The third-order valence-electron chi connectivity index (χ3n) is 2.81. The maximum atomic E-state index is 13.7. The molecule has 1 rings (SSSR count). The number of hydrogen-bond acceptors (Lipinski definition) is 3. The standard InChI is InChI=1S/C12H22FNO3/c1-11(2,3)17-10(15)14-6-8(9(13)7-14)12(4,5)16/h8-9,16H,6-7H2,1-5H3/t8-,9+/m0/s1. The Morgan fingerprint density at radius 1 is 1.29 bits per heavy atom. The molecule has 0 aliphatic carbocycles. The van der Waals surface area contributed by atoms with Crippen molar-refractivity contribution < 1.29 is 19.0 Å². The molecule has 5 heteroatoms. The summed E-state index contributed by atoms with van der Waals surface area (Å²) in [4.78, 5) is 13.1. The lowest BCUT2D eigenvalue weighted by Gasteiger charge is -2.27. The van der Waals surface area contributed by atoms with Gasteiger partial charge in [-0.2, -0.15) is 0 Å². The number of carbonyl (C=O) groups excluding carboxylic acids is 1. The van der Waals surface area contributed by atoms with Gasteiger partial charge in [0.05, 0.1) is 12.1 Å². The molecule has 0 aromatic carbocycles. The summed E-state index contributed by atoms with van der Waals surface area (Å²) in [6.07, 6.45) is -1.73. The van der Waals surface area contributed by atoms with Gasteiger partial charge >= 0.3 is 6.09 Å². The highest BCUT2D eigenvalue weighted by Gasteiger charge is 2.44. The fourth-order valence-corrected chi connectivity index (χ4v) is 1.91. The molecule has 4 nitrogen and oxygen atoms in total. The van der Waals surface area contributed by atoms with Crippen molar-refractivity contribution >= 4 is 6.09 Å². The molecular weight excluding hydrogens is 225 g/mol. The van der Waals surface area contributed by atoms with Crippen molar-refractivity contribution in [3.05, 3.63) is 0 Å². The van der Waals surface area contributed by atoms with Crippen LogP contribution >= 0.6 is 0 Å². The topological polar surface area (TPSA) is 49.8 Å². The molecule has 1 heterocycles. The van der Waals surface area contributed by atoms with Gasteiger partial charge in [-0.3, -0.25) is 0 Å². The Morgan fingerprint density at radius 3 is 2.18 bits per heavy atom. The van der Waals surface area contributed by atoms with Crippen LogP contribution in [0.2, 0.25) is 0 Å². The number of likely N-dealkylation sites (tertiary alicyclic amines) is 1. The molecule has 1 saturated heterocycles. The van der Waals surface area contributed by atoms with Gasteiger partial charge in [-0.15, -0.1) is 0 Å². The predicted octanol–water partition coefficient (Wildman–Crippen LogP) is 1.96. The van der Waals surface area contributed by atoms with E-state index in [4.69, 9.17) is 4.74 Å². The molecule has 1 aliphatic rings. The molecule has 0 aromatic rings. The molecule has 2 atom stereocenters. The second-order valence-corrected chi connectivity index (χ2v) is 6.16. The minimum absolute atomic E-state index is 0.0103. The molecule has 0 bridgehead atoms. The lowest BCUT2D eigenvalue weighted by molar-refractivity contribution is -0.00398. The molecule has 100 valence electrons. The molecule has 1 fully saturated rings. The normalized spacial score (nSPS) is 26.2. The lowest BCUT2D eigenvalue weighted by Crippen LogP contribution is -2.39. The molecule has 0 aromatic heterocycles. The van der Waals surface area contributed by atoms with E-state index in [-0.39, 0.29) is 13.1 Å². The zero-order valence-electron chi connectivity index (χ0n) is 11.2. The highest BCUT2D eigenvalue weighted by molar-refractivity contribution is 5.68. The molecule has 0 saturated carbocycles. The largest absolute Gasteiger partial charge is 0.444 e. The number of amides is 1. The summed E-state index contributed by atoms with van der Waals surface area (Å²) >= 11 is 0. The van der Waals surface area contributed by atoms with E-state index in [1.807, 2.05) is 0 Å². The van der Waals surface area contributed by atoms with Crippen LogP contribution in [0.5, 0.6) is 0 Å². The summed E-state index contributed by atoms with van der Waals surface area (Å²) in [5.41, 5.74) is -1.72. The quantitative estimate of drug-likeness (QED) is 0.770. The van der Waals surface area contributed by atoms with Crippen molar-refractivity contribution in [3.8, 4) is 0 Å². The SMILES string of the molecule is CC(C)(C)OC(=O)N1C[C@@H](F)[C@@H](C(C)(C)O)C1. The average molecular weight is 247 g/mol. The molecule has 17 heavy (non-hydrogen) atoms. The smallest absolute Gasteiger partial charge is 0.410 e. The fraction of sp³-hybridized carbons (Fsp3) is 0.917. The Bertz CT molecular complexity index is 293. The van der Waals surface area contributed by atoms with Gasteiger partial charge < -0.3 is 14.7 Å².